The monoisotopic (exact) mass is 392 g/mol. The van der Waals surface area contributed by atoms with Crippen LogP contribution in [0.4, 0.5) is 0 Å². The molecular formula is C21H36O3Si2. The number of hydrogen-bond donors (Lipinski definition) is 0. The van der Waals surface area contributed by atoms with Gasteiger partial charge in [-0.05, 0) is 16.6 Å². The topological polar surface area (TPSA) is 39.4 Å². The Morgan fingerprint density at radius 3 is 2.04 bits per heavy atom. The van der Waals surface area contributed by atoms with Crippen LogP contribution in [0.3, 0.4) is 0 Å². The van der Waals surface area contributed by atoms with Gasteiger partial charge >= 0.3 is 0 Å². The fourth-order valence-electron chi connectivity index (χ4n) is 3.79. The smallest absolute Gasteiger partial charge is 0.271 e. The molecule has 0 unspecified atom stereocenters. The lowest BCUT2D eigenvalue weighted by Gasteiger charge is -2.41. The summed E-state index contributed by atoms with van der Waals surface area (Å²) in [7, 11) is -3.45. The lowest BCUT2D eigenvalue weighted by Crippen LogP contribution is -2.50. The summed E-state index contributed by atoms with van der Waals surface area (Å²) in [5, 5.41) is 0. The molecule has 1 rings (SSSR count). The summed E-state index contributed by atoms with van der Waals surface area (Å²) in [6.07, 6.45) is 2.22. The molecule has 3 nitrogen and oxygen atoms in total. The standard InChI is InChI=1S/C21H36O3Si2/c1-16(2)26(17(3)4,18(5)6)24-21-14-19(15-22)20(23-21)12-10-11-13-25(7,8)9/h14-18H,10,12H2,1-9H3. The van der Waals surface area contributed by atoms with Crippen molar-refractivity contribution in [2.45, 2.75) is 90.6 Å². The summed E-state index contributed by atoms with van der Waals surface area (Å²) < 4.78 is 12.5. The van der Waals surface area contributed by atoms with Gasteiger partial charge < -0.3 is 8.84 Å². The maximum Gasteiger partial charge on any atom is 0.271 e. The Kier molecular flexibility index (Phi) is 7.97. The van der Waals surface area contributed by atoms with Crippen LogP contribution in [0, 0.1) is 11.5 Å². The van der Waals surface area contributed by atoms with Crippen LogP contribution in [-0.2, 0) is 6.42 Å². The highest BCUT2D eigenvalue weighted by Gasteiger charge is 2.47. The molecule has 1 aromatic heterocycles. The molecule has 26 heavy (non-hydrogen) atoms. The molecule has 0 atom stereocenters. The van der Waals surface area contributed by atoms with E-state index < -0.39 is 16.4 Å². The van der Waals surface area contributed by atoms with E-state index in [2.05, 4.69) is 72.6 Å². The van der Waals surface area contributed by atoms with E-state index in [9.17, 15) is 4.79 Å². The third-order valence-corrected chi connectivity index (χ3v) is 11.8. The zero-order chi connectivity index (χ0) is 20.1. The highest BCUT2D eigenvalue weighted by Crippen LogP contribution is 2.43. The minimum atomic E-state index is -2.09. The molecule has 0 saturated carbocycles. The molecule has 0 amide bonds. The number of rotatable bonds is 8. The van der Waals surface area contributed by atoms with E-state index in [1.165, 1.54) is 0 Å². The molecule has 0 aromatic carbocycles. The van der Waals surface area contributed by atoms with E-state index in [0.29, 0.717) is 46.7 Å². The van der Waals surface area contributed by atoms with E-state index in [4.69, 9.17) is 8.84 Å². The van der Waals surface area contributed by atoms with Crippen LogP contribution < -0.4 is 4.43 Å². The van der Waals surface area contributed by atoms with Gasteiger partial charge in [0.15, 0.2) is 6.29 Å². The Hall–Kier alpha value is -1.26. The number of carbonyl (C=O) groups excluding carboxylic acids is 1. The Bertz CT molecular complexity index is 633. The highest BCUT2D eigenvalue weighted by atomic mass is 28.4. The molecule has 1 aromatic rings. The fraction of sp³-hybridized carbons (Fsp3) is 0.667. The van der Waals surface area contributed by atoms with Gasteiger partial charge in [0.25, 0.3) is 14.3 Å². The van der Waals surface area contributed by atoms with Crippen molar-refractivity contribution in [3.05, 3.63) is 17.4 Å². The van der Waals surface area contributed by atoms with Crippen LogP contribution in [0.5, 0.6) is 5.95 Å². The molecule has 0 radical (unpaired) electrons. The molecule has 146 valence electrons. The third-order valence-electron chi connectivity index (χ3n) is 4.87. The van der Waals surface area contributed by atoms with Gasteiger partial charge in [-0.1, -0.05) is 61.2 Å². The fourth-order valence-corrected chi connectivity index (χ4v) is 9.61. The van der Waals surface area contributed by atoms with E-state index >= 15 is 0 Å². The lowest BCUT2D eigenvalue weighted by molar-refractivity contribution is 0.112. The Balaban J connectivity index is 3.06. The molecule has 0 aliphatic rings. The lowest BCUT2D eigenvalue weighted by atomic mass is 10.2. The summed E-state index contributed by atoms with van der Waals surface area (Å²) in [6.45, 7) is 20.1. The molecule has 0 N–H and O–H groups in total. The van der Waals surface area contributed by atoms with Crippen LogP contribution in [0.1, 0.15) is 64.1 Å². The number of hydrogen-bond acceptors (Lipinski definition) is 3. The first kappa shape index (κ1) is 22.8. The van der Waals surface area contributed by atoms with Crippen LogP contribution in [0.15, 0.2) is 10.5 Å². The minimum Gasteiger partial charge on any atom is -0.518 e. The zero-order valence-electron chi connectivity index (χ0n) is 18.0. The third kappa shape index (κ3) is 5.62. The Morgan fingerprint density at radius 1 is 1.08 bits per heavy atom. The highest BCUT2D eigenvalue weighted by molar-refractivity contribution is 6.83. The number of carbonyl (C=O) groups is 1. The molecular weight excluding hydrogens is 356 g/mol. The molecule has 0 bridgehead atoms. The predicted molar refractivity (Wildman–Crippen MR) is 115 cm³/mol. The Labute approximate surface area is 162 Å². The molecule has 0 aliphatic heterocycles. The van der Waals surface area contributed by atoms with Gasteiger partial charge in [-0.15, -0.1) is 11.5 Å². The summed E-state index contributed by atoms with van der Waals surface area (Å²) in [6, 6.07) is 1.77. The van der Waals surface area contributed by atoms with Gasteiger partial charge in [0, 0.05) is 18.9 Å². The first-order chi connectivity index (χ1) is 11.9. The zero-order valence-corrected chi connectivity index (χ0v) is 20.0. The number of aldehydes is 1. The van der Waals surface area contributed by atoms with Gasteiger partial charge in [-0.3, -0.25) is 4.79 Å². The van der Waals surface area contributed by atoms with Crippen molar-refractivity contribution < 1.29 is 13.6 Å². The Morgan fingerprint density at radius 2 is 1.62 bits per heavy atom. The first-order valence-corrected chi connectivity index (χ1v) is 15.3. The van der Waals surface area contributed by atoms with E-state index in [-0.39, 0.29) is 0 Å². The van der Waals surface area contributed by atoms with Gasteiger partial charge in [0.2, 0.25) is 0 Å². The summed E-state index contributed by atoms with van der Waals surface area (Å²) in [4.78, 5) is 11.5. The van der Waals surface area contributed by atoms with Crippen molar-refractivity contribution in [2.75, 3.05) is 0 Å². The number of furan rings is 1. The number of aryl methyl sites for hydroxylation is 1. The van der Waals surface area contributed by atoms with Crippen molar-refractivity contribution in [3.63, 3.8) is 0 Å². The summed E-state index contributed by atoms with van der Waals surface area (Å²) in [5.74, 6) is 4.44. The van der Waals surface area contributed by atoms with E-state index in [0.717, 1.165) is 6.29 Å². The molecule has 0 spiro atoms. The molecule has 0 aliphatic carbocycles. The molecule has 1 heterocycles. The van der Waals surface area contributed by atoms with Crippen molar-refractivity contribution in [2.24, 2.45) is 0 Å². The van der Waals surface area contributed by atoms with Gasteiger partial charge in [-0.2, -0.15) is 0 Å². The maximum atomic E-state index is 11.5. The normalized spacial score (nSPS) is 12.5. The second-order valence-corrected chi connectivity index (χ2v) is 19.2. The average Bonchev–Trinajstić information content (AvgIpc) is 2.89. The van der Waals surface area contributed by atoms with Crippen molar-refractivity contribution in [3.8, 4) is 17.4 Å². The van der Waals surface area contributed by atoms with Crippen molar-refractivity contribution in [1.82, 2.24) is 0 Å². The quantitative estimate of drug-likeness (QED) is 0.289. The van der Waals surface area contributed by atoms with Crippen molar-refractivity contribution in [1.29, 1.82) is 0 Å². The van der Waals surface area contributed by atoms with E-state index in [1.807, 2.05) is 0 Å². The van der Waals surface area contributed by atoms with Crippen LogP contribution in [0.2, 0.25) is 36.3 Å². The van der Waals surface area contributed by atoms with Crippen molar-refractivity contribution >= 4 is 22.7 Å². The van der Waals surface area contributed by atoms with Gasteiger partial charge in [0.1, 0.15) is 13.8 Å². The minimum absolute atomic E-state index is 0.457. The second kappa shape index (κ2) is 9.10. The first-order valence-electron chi connectivity index (χ1n) is 9.71. The van der Waals surface area contributed by atoms with Crippen LogP contribution in [-0.4, -0.2) is 22.7 Å². The molecule has 0 saturated heterocycles. The second-order valence-electron chi connectivity index (χ2n) is 9.03. The SMILES string of the molecule is CC(C)[Si](Oc1cc(C=O)c(CCC#C[Si](C)(C)C)o1)(C(C)C)C(C)C. The maximum absolute atomic E-state index is 11.5. The largest absolute Gasteiger partial charge is 0.518 e. The molecule has 0 fully saturated rings. The van der Waals surface area contributed by atoms with Gasteiger partial charge in [-0.25, -0.2) is 0 Å². The van der Waals surface area contributed by atoms with Crippen LogP contribution >= 0.6 is 0 Å². The predicted octanol–water partition coefficient (Wildman–Crippen LogP) is 6.46. The molecule has 5 heteroatoms. The average molecular weight is 393 g/mol. The van der Waals surface area contributed by atoms with Crippen LogP contribution in [0.25, 0.3) is 0 Å². The summed E-state index contributed by atoms with van der Waals surface area (Å²) >= 11 is 0. The van der Waals surface area contributed by atoms with Gasteiger partial charge in [0.05, 0.1) is 5.56 Å². The summed E-state index contributed by atoms with van der Waals surface area (Å²) in [5.41, 5.74) is 5.32. The van der Waals surface area contributed by atoms with E-state index in [1.54, 1.807) is 6.07 Å².